The molecule has 0 aromatic rings. The van der Waals surface area contributed by atoms with Gasteiger partial charge in [-0.15, -0.1) is 0 Å². The van der Waals surface area contributed by atoms with Crippen molar-refractivity contribution < 1.29 is 8.85 Å². The van der Waals surface area contributed by atoms with Gasteiger partial charge in [-0.05, 0) is 74.8 Å². The van der Waals surface area contributed by atoms with E-state index in [1.807, 2.05) is 0 Å². The first kappa shape index (κ1) is 34.7. The molecule has 0 aromatic heterocycles. The zero-order chi connectivity index (χ0) is 31.0. The molecule has 0 spiro atoms. The van der Waals surface area contributed by atoms with Gasteiger partial charge in [0.15, 0.2) is 15.2 Å². The summed E-state index contributed by atoms with van der Waals surface area (Å²) in [6.07, 6.45) is 7.38. The summed E-state index contributed by atoms with van der Waals surface area (Å²) in [7, 11) is -11.9. The number of hydrogen-bond donors (Lipinski definition) is 0. The molecule has 4 saturated carbocycles. The van der Waals surface area contributed by atoms with Crippen LogP contribution in [-0.4, -0.2) is 78.3 Å². The van der Waals surface area contributed by atoms with E-state index in [1.165, 1.54) is 38.5 Å². The second-order valence-electron chi connectivity index (χ2n) is 20.6. The van der Waals surface area contributed by atoms with Crippen LogP contribution in [0.15, 0.2) is 0 Å². The Labute approximate surface area is 258 Å². The fourth-order valence-corrected chi connectivity index (χ4v) is 396. The first-order valence-electron chi connectivity index (χ1n) is 16.9. The maximum Gasteiger partial charge on any atom is 0.191 e. The van der Waals surface area contributed by atoms with Crippen molar-refractivity contribution in [3.05, 3.63) is 0 Å². The Morgan fingerprint density at radius 1 is 0.575 bits per heavy atom. The molecule has 40 heavy (non-hydrogen) atoms. The first-order valence-corrected chi connectivity index (χ1v) is 51.3. The quantitative estimate of drug-likeness (QED) is 0.266. The minimum atomic E-state index is -2.26. The largest absolute Gasteiger partial charge is 0.424 e. The smallest absolute Gasteiger partial charge is 0.191 e. The molecule has 4 bridgehead atoms. The van der Waals surface area contributed by atoms with E-state index >= 15 is 0 Å². The lowest BCUT2D eigenvalue weighted by atomic mass is 9.50. The van der Waals surface area contributed by atoms with E-state index in [4.69, 9.17) is 8.85 Å². The van der Waals surface area contributed by atoms with Crippen molar-refractivity contribution in [2.45, 2.75) is 156 Å². The molecule has 11 heteroatoms. The Balaban J connectivity index is 2.17. The lowest BCUT2D eigenvalue weighted by Gasteiger charge is -2.77. The van der Waals surface area contributed by atoms with Gasteiger partial charge < -0.3 is 8.85 Å². The number of rotatable bonds is 5. The highest BCUT2D eigenvalue weighted by molar-refractivity contribution is 8.20. The molecule has 234 valence electrons. The van der Waals surface area contributed by atoms with Crippen LogP contribution in [0, 0.1) is 23.2 Å². The van der Waals surface area contributed by atoms with Gasteiger partial charge in [0.1, 0.15) is 0 Å². The van der Waals surface area contributed by atoms with Crippen LogP contribution < -0.4 is 0 Å². The molecular formula is C29H70O2Si9. The minimum Gasteiger partial charge on any atom is -0.424 e. The third-order valence-corrected chi connectivity index (χ3v) is 227. The first-order chi connectivity index (χ1) is 17.6. The van der Waals surface area contributed by atoms with Crippen LogP contribution in [-0.2, 0) is 8.85 Å². The van der Waals surface area contributed by atoms with Crippen LogP contribution in [0.1, 0.15) is 38.5 Å². The fraction of sp³-hybridized carbons (Fsp3) is 1.00. The summed E-state index contributed by atoms with van der Waals surface area (Å²) < 4.78 is 16.2. The van der Waals surface area contributed by atoms with Crippen LogP contribution in [0.2, 0.25) is 111 Å². The molecule has 2 atom stereocenters. The van der Waals surface area contributed by atoms with Crippen LogP contribution >= 0.6 is 0 Å². The van der Waals surface area contributed by atoms with E-state index in [9.17, 15) is 0 Å². The van der Waals surface area contributed by atoms with Crippen LogP contribution in [0.5, 0.6) is 0 Å². The molecule has 0 aromatic carbocycles. The van der Waals surface area contributed by atoms with Gasteiger partial charge in [-0.25, -0.2) is 0 Å². The normalized spacial score (nSPS) is 41.9. The van der Waals surface area contributed by atoms with Crippen molar-refractivity contribution in [2.75, 3.05) is 7.11 Å². The molecule has 5 rings (SSSR count). The summed E-state index contributed by atoms with van der Waals surface area (Å²) >= 11 is 0. The molecule has 1 saturated heterocycles. The zero-order valence-corrected chi connectivity index (χ0v) is 39.4. The van der Waals surface area contributed by atoms with E-state index in [0.29, 0.717) is 11.1 Å². The summed E-state index contributed by atoms with van der Waals surface area (Å²) in [5.74, 6) is 2.94. The Morgan fingerprint density at radius 3 is 1.25 bits per heavy atom. The Morgan fingerprint density at radius 2 is 0.950 bits per heavy atom. The third kappa shape index (κ3) is 4.12. The molecule has 5 fully saturated rings. The summed E-state index contributed by atoms with van der Waals surface area (Å²) in [5.41, 5.74) is 0.919. The van der Waals surface area contributed by atoms with Crippen LogP contribution in [0.3, 0.4) is 0 Å². The van der Waals surface area contributed by atoms with Crippen molar-refractivity contribution in [3.8, 4) is 0 Å². The second-order valence-corrected chi connectivity index (χ2v) is 119. The van der Waals surface area contributed by atoms with Crippen molar-refractivity contribution in [1.82, 2.24) is 0 Å². The topological polar surface area (TPSA) is 18.5 Å². The molecule has 0 N–H and O–H groups in total. The van der Waals surface area contributed by atoms with Gasteiger partial charge in [-0.2, -0.15) is 0 Å². The van der Waals surface area contributed by atoms with Gasteiger partial charge in [0.2, 0.25) is 0 Å². The predicted molar refractivity (Wildman–Crippen MR) is 204 cm³/mol. The van der Waals surface area contributed by atoms with E-state index < -0.39 is 65.4 Å². The maximum absolute atomic E-state index is 8.50. The van der Waals surface area contributed by atoms with Gasteiger partial charge in [0.25, 0.3) is 0 Å². The minimum absolute atomic E-state index is 0.431. The lowest BCUT2D eigenvalue weighted by Crippen LogP contribution is -3.06. The van der Waals surface area contributed by atoms with E-state index in [-0.39, 0.29) is 0 Å². The molecule has 4 aliphatic carbocycles. The maximum atomic E-state index is 8.50. The highest BCUT2D eigenvalue weighted by atomic mass is 30.3. The lowest BCUT2D eigenvalue weighted by molar-refractivity contribution is -0.0938. The average molecular weight is 704 g/mol. The molecule has 1 heterocycles. The van der Waals surface area contributed by atoms with Crippen molar-refractivity contribution >= 4 is 65.4 Å². The van der Waals surface area contributed by atoms with E-state index in [1.54, 1.807) is 0 Å². The number of hydrogen-bond acceptors (Lipinski definition) is 2. The molecule has 2 nitrogen and oxygen atoms in total. The summed E-state index contributed by atoms with van der Waals surface area (Å²) in [6, 6.07) is 0. The third-order valence-electron chi connectivity index (χ3n) is 15.0. The molecule has 0 amide bonds. The molecule has 0 unspecified atom stereocenters. The van der Waals surface area contributed by atoms with Crippen molar-refractivity contribution in [1.29, 1.82) is 0 Å². The van der Waals surface area contributed by atoms with Crippen LogP contribution in [0.25, 0.3) is 0 Å². The van der Waals surface area contributed by atoms with Crippen molar-refractivity contribution in [3.63, 3.8) is 0 Å². The molecular weight excluding hydrogens is 633 g/mol. The molecule has 5 aliphatic rings. The highest BCUT2D eigenvalue weighted by Crippen LogP contribution is 2.66. The monoisotopic (exact) mass is 702 g/mol. The second kappa shape index (κ2) is 9.69. The SMILES string of the molecule is CO[Si@@]1([Si](C)(C)C)[C@H](C23CC4CC(CC(C4)C2)C3)O[Si](C)(C)[Si](C)(C)[Si]([Si](C)(C)C)([Si](C)(C)C)[Si](C)(C)[Si]1(C)C. The predicted octanol–water partition coefficient (Wildman–Crippen LogP) is 9.15. The van der Waals surface area contributed by atoms with E-state index in [0.717, 1.165) is 17.8 Å². The van der Waals surface area contributed by atoms with Crippen LogP contribution in [0.4, 0.5) is 0 Å². The summed E-state index contributed by atoms with van der Waals surface area (Å²) in [4.78, 5) is 0. The van der Waals surface area contributed by atoms with Gasteiger partial charge in [-0.3, -0.25) is 0 Å². The Bertz CT molecular complexity index is 953. The van der Waals surface area contributed by atoms with Gasteiger partial charge in [0.05, 0.1) is 27.5 Å². The Hall–Kier alpha value is 1.87. The zero-order valence-electron chi connectivity index (χ0n) is 30.4. The molecule has 0 radical (unpaired) electrons. The fourth-order valence-electron chi connectivity index (χ4n) is 14.9. The van der Waals surface area contributed by atoms with Crippen molar-refractivity contribution in [2.24, 2.45) is 23.2 Å². The van der Waals surface area contributed by atoms with Gasteiger partial charge >= 0.3 is 0 Å². The highest BCUT2D eigenvalue weighted by Gasteiger charge is 2.84. The Kier molecular flexibility index (Phi) is 8.42. The summed E-state index contributed by atoms with van der Waals surface area (Å²) in [5, 5.41) is 0. The van der Waals surface area contributed by atoms with E-state index in [2.05, 4.69) is 118 Å². The van der Waals surface area contributed by atoms with Gasteiger partial charge in [0, 0.05) is 35.5 Å². The van der Waals surface area contributed by atoms with Gasteiger partial charge in [-0.1, -0.05) is 98.2 Å². The standard InChI is InChI=1S/C29H70O2Si9/c1-30-39(32(2,3)4)28(29-22-25-19-26(23-29)21-27(20-25)24-29)31-35(11,12)36(13,14)40(33(5,6)7,34(8,9)10)38(17,18)37(39,15)16/h25-28H,19-24H2,1-18H3/t25?,26?,27?,28-,29?,39-/m1/s1. The average Bonchev–Trinajstić information content (AvgIpc) is 2.68. The molecule has 1 aliphatic heterocycles. The summed E-state index contributed by atoms with van der Waals surface area (Å²) in [6.45, 7) is 49.4.